The summed E-state index contributed by atoms with van der Waals surface area (Å²) in [5.74, 6) is -0.393. The molecule has 6 N–H and O–H groups in total. The summed E-state index contributed by atoms with van der Waals surface area (Å²) >= 11 is 0. The lowest BCUT2D eigenvalue weighted by atomic mass is 9.86. The van der Waals surface area contributed by atoms with Crippen molar-refractivity contribution in [2.45, 2.75) is 38.1 Å². The highest BCUT2D eigenvalue weighted by Gasteiger charge is 2.25. The van der Waals surface area contributed by atoms with Crippen LogP contribution < -0.4 is 21.9 Å². The van der Waals surface area contributed by atoms with Gasteiger partial charge in [0.05, 0.1) is 12.5 Å². The second-order valence-electron chi connectivity index (χ2n) is 6.27. The van der Waals surface area contributed by atoms with Gasteiger partial charge in [0.25, 0.3) is 5.56 Å². The first-order chi connectivity index (χ1) is 11.5. The minimum absolute atomic E-state index is 0.0727. The number of aliphatic carboxylic acids is 1. The van der Waals surface area contributed by atoms with Gasteiger partial charge in [-0.2, -0.15) is 4.98 Å². The third-order valence-corrected chi connectivity index (χ3v) is 4.57. The summed E-state index contributed by atoms with van der Waals surface area (Å²) < 4.78 is 0. The molecule has 3 rings (SSSR count). The van der Waals surface area contributed by atoms with Gasteiger partial charge in [-0.25, -0.2) is 4.99 Å². The molecule has 0 atom stereocenters. The Morgan fingerprint density at radius 2 is 2.08 bits per heavy atom. The van der Waals surface area contributed by atoms with E-state index >= 15 is 0 Å². The highest BCUT2D eigenvalue weighted by molar-refractivity contribution is 5.94. The van der Waals surface area contributed by atoms with Crippen LogP contribution in [0, 0.1) is 5.92 Å². The van der Waals surface area contributed by atoms with Gasteiger partial charge in [-0.05, 0) is 25.7 Å². The van der Waals surface area contributed by atoms with E-state index in [1.54, 1.807) is 0 Å². The first-order valence-corrected chi connectivity index (χ1v) is 8.19. The molecule has 0 bridgehead atoms. The number of nitrogens with two attached hydrogens (primary N) is 1. The highest BCUT2D eigenvalue weighted by atomic mass is 16.4. The number of hydrogen-bond acceptors (Lipinski definition) is 7. The fourth-order valence-electron chi connectivity index (χ4n) is 3.20. The normalized spacial score (nSPS) is 23.1. The van der Waals surface area contributed by atoms with Gasteiger partial charge in [0, 0.05) is 24.7 Å². The summed E-state index contributed by atoms with van der Waals surface area (Å²) in [6, 6.07) is 0.356. The maximum absolute atomic E-state index is 11.9. The molecule has 0 radical (unpaired) electrons. The Bertz CT molecular complexity index is 706. The minimum Gasteiger partial charge on any atom is -0.481 e. The molecule has 1 aliphatic heterocycles. The molecule has 1 fully saturated rings. The fraction of sp³-hybridized carbons (Fsp3) is 0.600. The summed E-state index contributed by atoms with van der Waals surface area (Å²) in [6.45, 7) is 1.29. The van der Waals surface area contributed by atoms with E-state index in [2.05, 4.69) is 25.6 Å². The van der Waals surface area contributed by atoms with Crippen LogP contribution in [-0.4, -0.2) is 45.9 Å². The lowest BCUT2D eigenvalue weighted by Gasteiger charge is -2.27. The maximum Gasteiger partial charge on any atom is 0.306 e. The molecule has 0 spiro atoms. The number of hydrogen-bond donors (Lipinski definition) is 5. The number of fused-ring (bicyclic) bond motifs is 1. The van der Waals surface area contributed by atoms with Crippen molar-refractivity contribution in [1.82, 2.24) is 15.3 Å². The number of rotatable bonds is 5. The molecule has 2 heterocycles. The smallest absolute Gasteiger partial charge is 0.306 e. The number of aliphatic imine (C=N–C) groups is 1. The van der Waals surface area contributed by atoms with Crippen LogP contribution in [-0.2, 0) is 4.79 Å². The average molecular weight is 334 g/mol. The number of nitrogens with one attached hydrogen (secondary N) is 3. The molecule has 24 heavy (non-hydrogen) atoms. The molecular formula is C15H22N6O3. The van der Waals surface area contributed by atoms with Gasteiger partial charge >= 0.3 is 5.97 Å². The van der Waals surface area contributed by atoms with Crippen LogP contribution in [0.25, 0.3) is 0 Å². The number of H-pyrrole nitrogens is 1. The molecular weight excluding hydrogens is 312 g/mol. The van der Waals surface area contributed by atoms with E-state index in [0.29, 0.717) is 18.4 Å². The predicted molar refractivity (Wildman–Crippen MR) is 90.9 cm³/mol. The van der Waals surface area contributed by atoms with Gasteiger partial charge < -0.3 is 21.5 Å². The summed E-state index contributed by atoms with van der Waals surface area (Å²) in [5.41, 5.74) is 6.31. The van der Waals surface area contributed by atoms with Crippen molar-refractivity contribution in [2.75, 3.05) is 24.1 Å². The number of aromatic nitrogens is 2. The summed E-state index contributed by atoms with van der Waals surface area (Å²) in [5, 5.41) is 15.5. The van der Waals surface area contributed by atoms with E-state index in [9.17, 15) is 9.59 Å². The van der Waals surface area contributed by atoms with Gasteiger partial charge in [0.15, 0.2) is 11.5 Å². The van der Waals surface area contributed by atoms with E-state index < -0.39 is 5.97 Å². The SMILES string of the molecule is Nc1nc2c(c(=O)[nH]1)N=C(CCNC1CCC(C(=O)O)CC1)CN2. The van der Waals surface area contributed by atoms with E-state index in [4.69, 9.17) is 10.8 Å². The van der Waals surface area contributed by atoms with Crippen molar-refractivity contribution >= 4 is 29.1 Å². The Labute approximate surface area is 138 Å². The largest absolute Gasteiger partial charge is 0.481 e. The van der Waals surface area contributed by atoms with Crippen molar-refractivity contribution in [3.63, 3.8) is 0 Å². The molecule has 1 aromatic heterocycles. The summed E-state index contributed by atoms with van der Waals surface area (Å²) in [6.07, 6.45) is 3.94. The van der Waals surface area contributed by atoms with E-state index in [1.807, 2.05) is 0 Å². The monoisotopic (exact) mass is 334 g/mol. The second kappa shape index (κ2) is 7.00. The number of carboxylic acids is 1. The number of carbonyl (C=O) groups is 1. The van der Waals surface area contributed by atoms with Crippen LogP contribution in [0.2, 0.25) is 0 Å². The van der Waals surface area contributed by atoms with Crippen molar-refractivity contribution in [2.24, 2.45) is 10.9 Å². The molecule has 1 aromatic rings. The Morgan fingerprint density at radius 3 is 2.79 bits per heavy atom. The lowest BCUT2D eigenvalue weighted by molar-refractivity contribution is -0.142. The number of carboxylic acid groups (broad SMARTS) is 1. The van der Waals surface area contributed by atoms with Gasteiger partial charge in [0.1, 0.15) is 0 Å². The minimum atomic E-state index is -0.686. The van der Waals surface area contributed by atoms with Gasteiger partial charge in [-0.1, -0.05) is 0 Å². The number of aromatic amines is 1. The molecule has 0 aromatic carbocycles. The topological polar surface area (TPSA) is 145 Å². The average Bonchev–Trinajstić information content (AvgIpc) is 2.55. The van der Waals surface area contributed by atoms with Crippen LogP contribution in [0.1, 0.15) is 32.1 Å². The Morgan fingerprint density at radius 1 is 1.33 bits per heavy atom. The van der Waals surface area contributed by atoms with Crippen molar-refractivity contribution < 1.29 is 9.90 Å². The predicted octanol–water partition coefficient (Wildman–Crippen LogP) is 0.473. The lowest BCUT2D eigenvalue weighted by Crippen LogP contribution is -2.36. The van der Waals surface area contributed by atoms with E-state index in [0.717, 1.165) is 44.4 Å². The molecule has 0 unspecified atom stereocenters. The zero-order valence-corrected chi connectivity index (χ0v) is 13.3. The number of anilines is 2. The Kier molecular flexibility index (Phi) is 4.79. The van der Waals surface area contributed by atoms with Crippen LogP contribution in [0.5, 0.6) is 0 Å². The molecule has 9 nitrogen and oxygen atoms in total. The van der Waals surface area contributed by atoms with Crippen molar-refractivity contribution in [1.29, 1.82) is 0 Å². The van der Waals surface area contributed by atoms with Crippen LogP contribution >= 0.6 is 0 Å². The molecule has 1 aliphatic carbocycles. The quantitative estimate of drug-likeness (QED) is 0.526. The molecule has 9 heteroatoms. The second-order valence-corrected chi connectivity index (χ2v) is 6.27. The van der Waals surface area contributed by atoms with Crippen LogP contribution in [0.3, 0.4) is 0 Å². The van der Waals surface area contributed by atoms with Gasteiger partial charge in [0.2, 0.25) is 5.95 Å². The molecule has 0 amide bonds. The third-order valence-electron chi connectivity index (χ3n) is 4.57. The van der Waals surface area contributed by atoms with E-state index in [-0.39, 0.29) is 23.1 Å². The zero-order chi connectivity index (χ0) is 17.1. The molecule has 1 saturated carbocycles. The standard InChI is InChI=1S/C15H22N6O3/c16-15-20-12-11(13(22)21-15)19-10(7-18-12)5-6-17-9-3-1-8(2-4-9)14(23)24/h8-9,17H,1-7H2,(H,23,24)(H4,16,18,20,21,22). The first-order valence-electron chi connectivity index (χ1n) is 8.19. The van der Waals surface area contributed by atoms with Gasteiger partial charge in [-0.3, -0.25) is 14.6 Å². The van der Waals surface area contributed by atoms with Crippen molar-refractivity contribution in [3.05, 3.63) is 10.4 Å². The Balaban J connectivity index is 1.50. The van der Waals surface area contributed by atoms with Gasteiger partial charge in [-0.15, -0.1) is 0 Å². The number of nitrogens with zero attached hydrogens (tertiary/aromatic N) is 2. The van der Waals surface area contributed by atoms with Crippen LogP contribution in [0.15, 0.2) is 9.79 Å². The molecule has 130 valence electrons. The molecule has 2 aliphatic rings. The fourth-order valence-corrected chi connectivity index (χ4v) is 3.20. The summed E-state index contributed by atoms with van der Waals surface area (Å²) in [7, 11) is 0. The highest BCUT2D eigenvalue weighted by Crippen LogP contribution is 2.25. The third kappa shape index (κ3) is 3.73. The van der Waals surface area contributed by atoms with E-state index in [1.165, 1.54) is 0 Å². The van der Waals surface area contributed by atoms with Crippen molar-refractivity contribution in [3.8, 4) is 0 Å². The molecule has 0 saturated heterocycles. The number of nitrogen functional groups attached to an aromatic ring is 1. The summed E-state index contributed by atoms with van der Waals surface area (Å²) in [4.78, 5) is 33.6. The first kappa shape index (κ1) is 16.4. The maximum atomic E-state index is 11.9. The van der Waals surface area contributed by atoms with Crippen LogP contribution in [0.4, 0.5) is 17.5 Å². The zero-order valence-electron chi connectivity index (χ0n) is 13.3. The Hall–Kier alpha value is -2.42.